The van der Waals surface area contributed by atoms with Crippen LogP contribution < -0.4 is 0 Å². The summed E-state index contributed by atoms with van der Waals surface area (Å²) in [5.41, 5.74) is 0. The van der Waals surface area contributed by atoms with E-state index >= 15 is 0 Å². The van der Waals surface area contributed by atoms with Crippen molar-refractivity contribution in [3.8, 4) is 0 Å². The maximum absolute atomic E-state index is 13.1. The quantitative estimate of drug-likeness (QED) is 0.0505. The zero-order chi connectivity index (χ0) is 30.6. The van der Waals surface area contributed by atoms with Gasteiger partial charge in [-0.2, -0.15) is 0 Å². The molecule has 41 heavy (non-hydrogen) atoms. The summed E-state index contributed by atoms with van der Waals surface area (Å²) in [4.78, 5) is 51.4. The van der Waals surface area contributed by atoms with Gasteiger partial charge in [-0.3, -0.25) is 19.2 Å². The Kier molecular flexibility index (Phi) is 27.1. The van der Waals surface area contributed by atoms with E-state index in [2.05, 4.69) is 27.7 Å². The highest BCUT2D eigenvalue weighted by Crippen LogP contribution is 2.27. The van der Waals surface area contributed by atoms with Gasteiger partial charge >= 0.3 is 23.9 Å². The van der Waals surface area contributed by atoms with E-state index in [-0.39, 0.29) is 39.3 Å². The minimum Gasteiger partial charge on any atom is -0.466 e. The maximum Gasteiger partial charge on any atom is 0.319 e. The highest BCUT2D eigenvalue weighted by molar-refractivity contribution is 8.01. The summed E-state index contributed by atoms with van der Waals surface area (Å²) in [5.74, 6) is -2.20. The van der Waals surface area contributed by atoms with Crippen LogP contribution in [0.15, 0.2) is 0 Å². The maximum atomic E-state index is 13.1. The van der Waals surface area contributed by atoms with Gasteiger partial charge in [0.05, 0.1) is 39.3 Å². The van der Waals surface area contributed by atoms with E-state index < -0.39 is 34.4 Å². The van der Waals surface area contributed by atoms with Crippen molar-refractivity contribution in [1.29, 1.82) is 0 Å². The first kappa shape index (κ1) is 39.2. The summed E-state index contributed by atoms with van der Waals surface area (Å²) in [5, 5.41) is -1.97. The van der Waals surface area contributed by atoms with Gasteiger partial charge in [0.25, 0.3) is 0 Å². The SMILES string of the molecule is CCCCCCOC(=O)C[C@H](S[C@H](CC(=O)OCCCCCC)C(=O)OCCCCCC)C(=O)OCCCCCC. The molecule has 0 aromatic heterocycles. The van der Waals surface area contributed by atoms with E-state index in [1.807, 2.05) is 0 Å². The average molecular weight is 603 g/mol. The Hall–Kier alpha value is -1.77. The standard InChI is InChI=1S/C32H58O8S/c1-5-9-13-17-21-37-29(33)25-27(31(35)39-23-19-15-11-7-3)41-28(32(36)40-24-20-16-12-8-4)26-30(34)38-22-18-14-10-6-2/h27-28H,5-26H2,1-4H3/t27-,28+. The van der Waals surface area contributed by atoms with Crippen LogP contribution in [0.3, 0.4) is 0 Å². The fourth-order valence-corrected chi connectivity index (χ4v) is 5.23. The lowest BCUT2D eigenvalue weighted by Crippen LogP contribution is -2.32. The van der Waals surface area contributed by atoms with Crippen LogP contribution in [0.25, 0.3) is 0 Å². The molecule has 8 nitrogen and oxygen atoms in total. The molecule has 2 atom stereocenters. The number of hydrogen-bond acceptors (Lipinski definition) is 9. The molecule has 0 radical (unpaired) electrons. The van der Waals surface area contributed by atoms with Crippen LogP contribution in [0.1, 0.15) is 143 Å². The molecule has 0 N–H and O–H groups in total. The average Bonchev–Trinajstić information content (AvgIpc) is 2.95. The zero-order valence-corrected chi connectivity index (χ0v) is 27.2. The lowest BCUT2D eigenvalue weighted by Gasteiger charge is -2.21. The fraction of sp³-hybridized carbons (Fsp3) is 0.875. The van der Waals surface area contributed by atoms with Gasteiger partial charge in [0.15, 0.2) is 0 Å². The molecule has 0 aliphatic carbocycles. The first-order valence-electron chi connectivity index (χ1n) is 16.2. The zero-order valence-electron chi connectivity index (χ0n) is 26.4. The molecular formula is C32H58O8S. The van der Waals surface area contributed by atoms with E-state index in [0.29, 0.717) is 0 Å². The summed E-state index contributed by atoms with van der Waals surface area (Å²) in [6.45, 7) is 9.49. The molecule has 0 aromatic carbocycles. The topological polar surface area (TPSA) is 105 Å². The third-order valence-corrected chi connectivity index (χ3v) is 7.94. The second-order valence-corrected chi connectivity index (χ2v) is 12.0. The van der Waals surface area contributed by atoms with Crippen LogP contribution in [0.4, 0.5) is 0 Å². The number of thioether (sulfide) groups is 1. The van der Waals surface area contributed by atoms with Gasteiger partial charge < -0.3 is 18.9 Å². The molecule has 0 aromatic rings. The largest absolute Gasteiger partial charge is 0.466 e. The Morgan fingerprint density at radius 2 is 0.732 bits per heavy atom. The van der Waals surface area contributed by atoms with Crippen LogP contribution in [0.2, 0.25) is 0 Å². The van der Waals surface area contributed by atoms with E-state index in [1.54, 1.807) is 0 Å². The molecule has 0 amide bonds. The van der Waals surface area contributed by atoms with Crippen molar-refractivity contribution in [2.24, 2.45) is 0 Å². The number of esters is 4. The monoisotopic (exact) mass is 602 g/mol. The summed E-state index contributed by atoms with van der Waals surface area (Å²) >= 11 is 0.943. The number of hydrogen-bond donors (Lipinski definition) is 0. The van der Waals surface area contributed by atoms with Gasteiger partial charge in [0.1, 0.15) is 10.5 Å². The van der Waals surface area contributed by atoms with E-state index in [9.17, 15) is 19.2 Å². The second kappa shape index (κ2) is 28.4. The number of carbonyl (C=O) groups is 4. The number of ether oxygens (including phenoxy) is 4. The van der Waals surface area contributed by atoms with Crippen LogP contribution in [-0.2, 0) is 38.1 Å². The van der Waals surface area contributed by atoms with E-state index in [0.717, 1.165) is 114 Å². The van der Waals surface area contributed by atoms with Crippen molar-refractivity contribution in [2.45, 2.75) is 154 Å². The molecular weight excluding hydrogens is 544 g/mol. The first-order valence-corrected chi connectivity index (χ1v) is 17.1. The van der Waals surface area contributed by atoms with Crippen LogP contribution >= 0.6 is 11.8 Å². The Morgan fingerprint density at radius 1 is 0.439 bits per heavy atom. The molecule has 0 rings (SSSR count). The molecule has 0 fully saturated rings. The Balaban J connectivity index is 5.37. The summed E-state index contributed by atoms with van der Waals surface area (Å²) < 4.78 is 21.7. The minimum absolute atomic E-state index is 0.238. The van der Waals surface area contributed by atoms with Crippen molar-refractivity contribution in [2.75, 3.05) is 26.4 Å². The molecule has 9 heteroatoms. The van der Waals surface area contributed by atoms with Gasteiger partial charge in [-0.05, 0) is 25.7 Å². The van der Waals surface area contributed by atoms with Crippen molar-refractivity contribution in [3.05, 3.63) is 0 Å². The molecule has 240 valence electrons. The van der Waals surface area contributed by atoms with Gasteiger partial charge in [-0.25, -0.2) is 0 Å². The number of rotatable bonds is 28. The predicted molar refractivity (Wildman–Crippen MR) is 165 cm³/mol. The summed E-state index contributed by atoms with van der Waals surface area (Å²) in [6, 6.07) is 0. The Bertz CT molecular complexity index is 629. The van der Waals surface area contributed by atoms with Gasteiger partial charge in [-0.15, -0.1) is 11.8 Å². The normalized spacial score (nSPS) is 12.4. The third-order valence-electron chi connectivity index (χ3n) is 6.56. The molecule has 0 saturated carbocycles. The summed E-state index contributed by atoms with van der Waals surface area (Å²) in [6.07, 6.45) is 14.8. The Morgan fingerprint density at radius 3 is 1.02 bits per heavy atom. The van der Waals surface area contributed by atoms with Crippen molar-refractivity contribution in [3.63, 3.8) is 0 Å². The van der Waals surface area contributed by atoms with Crippen LogP contribution in [0, 0.1) is 0 Å². The molecule has 0 saturated heterocycles. The molecule has 0 bridgehead atoms. The molecule has 0 unspecified atom stereocenters. The van der Waals surface area contributed by atoms with Crippen LogP contribution in [-0.4, -0.2) is 60.8 Å². The lowest BCUT2D eigenvalue weighted by atomic mass is 10.2. The summed E-state index contributed by atoms with van der Waals surface area (Å²) in [7, 11) is 0. The molecule has 0 aliphatic heterocycles. The number of carbonyl (C=O) groups excluding carboxylic acids is 4. The molecule has 0 spiro atoms. The highest BCUT2D eigenvalue weighted by Gasteiger charge is 2.34. The first-order chi connectivity index (χ1) is 19.9. The van der Waals surface area contributed by atoms with E-state index in [1.165, 1.54) is 0 Å². The van der Waals surface area contributed by atoms with Crippen molar-refractivity contribution >= 4 is 35.6 Å². The van der Waals surface area contributed by atoms with E-state index in [4.69, 9.17) is 18.9 Å². The predicted octanol–water partition coefficient (Wildman–Crippen LogP) is 7.73. The fourth-order valence-electron chi connectivity index (χ4n) is 4.01. The number of unbranched alkanes of at least 4 members (excludes halogenated alkanes) is 12. The second-order valence-electron chi connectivity index (χ2n) is 10.5. The minimum atomic E-state index is -0.987. The Labute approximate surface area is 253 Å². The molecule has 0 aliphatic rings. The van der Waals surface area contributed by atoms with Crippen LogP contribution in [0.5, 0.6) is 0 Å². The molecule has 0 heterocycles. The van der Waals surface area contributed by atoms with Gasteiger partial charge in [0.2, 0.25) is 0 Å². The van der Waals surface area contributed by atoms with Gasteiger partial charge in [-0.1, -0.05) is 105 Å². The van der Waals surface area contributed by atoms with Crippen molar-refractivity contribution < 1.29 is 38.1 Å². The highest BCUT2D eigenvalue weighted by atomic mass is 32.2. The van der Waals surface area contributed by atoms with Crippen molar-refractivity contribution in [1.82, 2.24) is 0 Å². The lowest BCUT2D eigenvalue weighted by molar-refractivity contribution is -0.150. The smallest absolute Gasteiger partial charge is 0.319 e. The third kappa shape index (κ3) is 23.5. The van der Waals surface area contributed by atoms with Gasteiger partial charge in [0, 0.05) is 0 Å².